The predicted molar refractivity (Wildman–Crippen MR) is 67.4 cm³/mol. The number of phenols is 1. The van der Waals surface area contributed by atoms with Gasteiger partial charge in [-0.2, -0.15) is 0 Å². The average Bonchev–Trinajstić information content (AvgIpc) is 2.38. The number of benzene rings is 2. The summed E-state index contributed by atoms with van der Waals surface area (Å²) < 4.78 is 0. The largest absolute Gasteiger partial charge is 0.508 e. The molecule has 0 radical (unpaired) electrons. The number of phenolic OH excluding ortho intramolecular Hbond substituents is 1. The van der Waals surface area contributed by atoms with Gasteiger partial charge >= 0.3 is 0 Å². The van der Waals surface area contributed by atoms with E-state index in [1.165, 1.54) is 0 Å². The van der Waals surface area contributed by atoms with Crippen LogP contribution in [-0.2, 0) is 6.42 Å². The molecule has 2 aromatic carbocycles. The molecule has 0 aromatic heterocycles. The maximum absolute atomic E-state index is 12.3. The SMILES string of the molecule is CCc1c(O)cccc1C(=O)c1ccccc1. The number of hydrogen-bond donors (Lipinski definition) is 1. The molecule has 2 nitrogen and oxygen atoms in total. The van der Waals surface area contributed by atoms with Gasteiger partial charge in [-0.3, -0.25) is 4.79 Å². The van der Waals surface area contributed by atoms with Gasteiger partial charge in [-0.05, 0) is 12.5 Å². The van der Waals surface area contributed by atoms with Crippen molar-refractivity contribution in [2.75, 3.05) is 0 Å². The molecule has 0 aliphatic heterocycles. The molecule has 0 saturated heterocycles. The van der Waals surface area contributed by atoms with Crippen LogP contribution in [0, 0.1) is 0 Å². The number of aromatic hydroxyl groups is 1. The molecule has 2 heteroatoms. The summed E-state index contributed by atoms with van der Waals surface area (Å²) in [6.45, 7) is 1.93. The summed E-state index contributed by atoms with van der Waals surface area (Å²) in [5, 5.41) is 9.73. The summed E-state index contributed by atoms with van der Waals surface area (Å²) in [6.07, 6.45) is 0.639. The second-order valence-electron chi connectivity index (χ2n) is 3.85. The molecular weight excluding hydrogens is 212 g/mol. The lowest BCUT2D eigenvalue weighted by atomic mass is 9.96. The minimum absolute atomic E-state index is 0.0432. The van der Waals surface area contributed by atoms with Crippen molar-refractivity contribution in [2.24, 2.45) is 0 Å². The molecule has 0 heterocycles. The molecule has 0 bridgehead atoms. The summed E-state index contributed by atoms with van der Waals surface area (Å²) in [6, 6.07) is 14.2. The Bertz CT molecular complexity index is 530. The van der Waals surface area contributed by atoms with Crippen LogP contribution in [0.3, 0.4) is 0 Å². The normalized spacial score (nSPS) is 10.2. The minimum Gasteiger partial charge on any atom is -0.508 e. The molecule has 0 amide bonds. The Hall–Kier alpha value is -2.09. The molecular formula is C15H14O2. The van der Waals surface area contributed by atoms with E-state index in [1.54, 1.807) is 30.3 Å². The van der Waals surface area contributed by atoms with Crippen LogP contribution in [-0.4, -0.2) is 10.9 Å². The summed E-state index contributed by atoms with van der Waals surface area (Å²) in [7, 11) is 0. The van der Waals surface area contributed by atoms with Crippen molar-refractivity contribution in [3.8, 4) is 5.75 Å². The molecule has 86 valence electrons. The highest BCUT2D eigenvalue weighted by molar-refractivity contribution is 6.10. The van der Waals surface area contributed by atoms with Gasteiger partial charge in [0.1, 0.15) is 5.75 Å². The van der Waals surface area contributed by atoms with E-state index in [2.05, 4.69) is 0 Å². The van der Waals surface area contributed by atoms with Gasteiger partial charge in [0, 0.05) is 16.7 Å². The molecule has 17 heavy (non-hydrogen) atoms. The van der Waals surface area contributed by atoms with E-state index in [1.807, 2.05) is 25.1 Å². The van der Waals surface area contributed by atoms with E-state index < -0.39 is 0 Å². The molecule has 0 fully saturated rings. The van der Waals surface area contributed by atoms with Gasteiger partial charge < -0.3 is 5.11 Å². The lowest BCUT2D eigenvalue weighted by Gasteiger charge is -2.08. The summed E-state index contributed by atoms with van der Waals surface area (Å²) in [5.41, 5.74) is 1.94. The Labute approximate surface area is 101 Å². The highest BCUT2D eigenvalue weighted by Crippen LogP contribution is 2.23. The molecule has 2 aromatic rings. The maximum Gasteiger partial charge on any atom is 0.193 e. The molecule has 0 aliphatic carbocycles. The van der Waals surface area contributed by atoms with Gasteiger partial charge in [0.15, 0.2) is 5.78 Å². The van der Waals surface area contributed by atoms with Crippen LogP contribution in [0.2, 0.25) is 0 Å². The molecule has 2 rings (SSSR count). The lowest BCUT2D eigenvalue weighted by molar-refractivity contribution is 0.103. The Morgan fingerprint density at radius 2 is 1.76 bits per heavy atom. The van der Waals surface area contributed by atoms with Crippen LogP contribution in [0.4, 0.5) is 0 Å². The number of ketones is 1. The number of carbonyl (C=O) groups is 1. The Balaban J connectivity index is 2.48. The van der Waals surface area contributed by atoms with Crippen molar-refractivity contribution in [3.63, 3.8) is 0 Å². The van der Waals surface area contributed by atoms with Gasteiger partial charge in [0.2, 0.25) is 0 Å². The molecule has 0 atom stereocenters. The Morgan fingerprint density at radius 3 is 2.41 bits per heavy atom. The zero-order valence-corrected chi connectivity index (χ0v) is 9.68. The van der Waals surface area contributed by atoms with Crippen molar-refractivity contribution in [2.45, 2.75) is 13.3 Å². The van der Waals surface area contributed by atoms with Crippen LogP contribution in [0.15, 0.2) is 48.5 Å². The van der Waals surface area contributed by atoms with Crippen molar-refractivity contribution in [3.05, 3.63) is 65.2 Å². The monoisotopic (exact) mass is 226 g/mol. The lowest BCUT2D eigenvalue weighted by Crippen LogP contribution is -2.05. The molecule has 0 spiro atoms. The quantitative estimate of drug-likeness (QED) is 0.816. The topological polar surface area (TPSA) is 37.3 Å². The fourth-order valence-corrected chi connectivity index (χ4v) is 1.90. The maximum atomic E-state index is 12.3. The first kappa shape index (κ1) is 11.4. The van der Waals surface area contributed by atoms with Crippen molar-refractivity contribution >= 4 is 5.78 Å². The van der Waals surface area contributed by atoms with E-state index in [9.17, 15) is 9.90 Å². The Kier molecular flexibility index (Phi) is 3.24. The van der Waals surface area contributed by atoms with Crippen molar-refractivity contribution in [1.29, 1.82) is 0 Å². The van der Waals surface area contributed by atoms with E-state index in [-0.39, 0.29) is 11.5 Å². The van der Waals surface area contributed by atoms with E-state index >= 15 is 0 Å². The first-order valence-electron chi connectivity index (χ1n) is 5.64. The highest BCUT2D eigenvalue weighted by atomic mass is 16.3. The third kappa shape index (κ3) is 2.21. The standard InChI is InChI=1S/C15H14O2/c1-2-12-13(9-6-10-14(12)16)15(17)11-7-4-3-5-8-11/h3-10,16H,2H2,1H3. The van der Waals surface area contributed by atoms with Crippen LogP contribution in [0.5, 0.6) is 5.75 Å². The van der Waals surface area contributed by atoms with E-state index in [0.29, 0.717) is 23.1 Å². The van der Waals surface area contributed by atoms with Gasteiger partial charge in [0.25, 0.3) is 0 Å². The van der Waals surface area contributed by atoms with E-state index in [0.717, 1.165) is 0 Å². The molecule has 1 N–H and O–H groups in total. The third-order valence-corrected chi connectivity index (χ3v) is 2.79. The van der Waals surface area contributed by atoms with Crippen LogP contribution < -0.4 is 0 Å². The fraction of sp³-hybridized carbons (Fsp3) is 0.133. The summed E-state index contributed by atoms with van der Waals surface area (Å²) in [5.74, 6) is 0.146. The van der Waals surface area contributed by atoms with Gasteiger partial charge in [-0.1, -0.05) is 49.4 Å². The second kappa shape index (κ2) is 4.83. The average molecular weight is 226 g/mol. The first-order valence-corrected chi connectivity index (χ1v) is 5.64. The van der Waals surface area contributed by atoms with Crippen LogP contribution in [0.1, 0.15) is 28.4 Å². The first-order chi connectivity index (χ1) is 8.24. The highest BCUT2D eigenvalue weighted by Gasteiger charge is 2.14. The smallest absolute Gasteiger partial charge is 0.193 e. The number of hydrogen-bond acceptors (Lipinski definition) is 2. The van der Waals surface area contributed by atoms with Crippen LogP contribution >= 0.6 is 0 Å². The minimum atomic E-state index is -0.0432. The second-order valence-corrected chi connectivity index (χ2v) is 3.85. The van der Waals surface area contributed by atoms with Gasteiger partial charge in [0.05, 0.1) is 0 Å². The Morgan fingerprint density at radius 1 is 1.06 bits per heavy atom. The van der Waals surface area contributed by atoms with E-state index in [4.69, 9.17) is 0 Å². The molecule has 0 aliphatic rings. The molecule has 0 saturated carbocycles. The zero-order valence-electron chi connectivity index (χ0n) is 9.68. The molecule has 0 unspecified atom stereocenters. The van der Waals surface area contributed by atoms with Crippen LogP contribution in [0.25, 0.3) is 0 Å². The summed E-state index contributed by atoms with van der Waals surface area (Å²) in [4.78, 5) is 12.3. The van der Waals surface area contributed by atoms with Gasteiger partial charge in [-0.25, -0.2) is 0 Å². The number of carbonyl (C=O) groups excluding carboxylic acids is 1. The summed E-state index contributed by atoms with van der Waals surface area (Å²) >= 11 is 0. The van der Waals surface area contributed by atoms with Crippen molar-refractivity contribution in [1.82, 2.24) is 0 Å². The van der Waals surface area contributed by atoms with Gasteiger partial charge in [-0.15, -0.1) is 0 Å². The van der Waals surface area contributed by atoms with Crippen molar-refractivity contribution < 1.29 is 9.90 Å². The third-order valence-electron chi connectivity index (χ3n) is 2.79. The number of rotatable bonds is 3. The fourth-order valence-electron chi connectivity index (χ4n) is 1.90. The predicted octanol–water partition coefficient (Wildman–Crippen LogP) is 3.19. The zero-order chi connectivity index (χ0) is 12.3.